The first kappa shape index (κ1) is 17.7. The third-order valence-electron chi connectivity index (χ3n) is 1.64. The maximum absolute atomic E-state index is 4.93. The fraction of sp³-hybridized carbons (Fsp3) is 0.889. The van der Waals surface area contributed by atoms with Gasteiger partial charge in [-0.15, -0.1) is 24.0 Å². The van der Waals surface area contributed by atoms with E-state index in [1.165, 1.54) is 5.75 Å². The fourth-order valence-electron chi connectivity index (χ4n) is 0.915. The molecule has 0 aliphatic heterocycles. The largest absolute Gasteiger partial charge is 0.383 e. The summed E-state index contributed by atoms with van der Waals surface area (Å²) in [6, 6.07) is 0. The van der Waals surface area contributed by atoms with E-state index in [0.29, 0.717) is 6.61 Å². The van der Waals surface area contributed by atoms with Crippen LogP contribution in [0.25, 0.3) is 0 Å². The molecule has 0 heterocycles. The number of aliphatic imine (C=N–C) groups is 1. The molecule has 0 aromatic rings. The van der Waals surface area contributed by atoms with E-state index in [2.05, 4.69) is 21.9 Å². The first-order valence-corrected chi connectivity index (χ1v) is 6.17. The first-order chi connectivity index (χ1) is 6.85. The Kier molecular flexibility index (Phi) is 16.9. The van der Waals surface area contributed by atoms with Gasteiger partial charge < -0.3 is 15.4 Å². The lowest BCUT2D eigenvalue weighted by Gasteiger charge is -2.10. The van der Waals surface area contributed by atoms with Gasteiger partial charge >= 0.3 is 0 Å². The zero-order valence-corrected chi connectivity index (χ0v) is 12.9. The zero-order valence-electron chi connectivity index (χ0n) is 9.71. The van der Waals surface area contributed by atoms with E-state index in [9.17, 15) is 0 Å². The van der Waals surface area contributed by atoms with Crippen molar-refractivity contribution < 1.29 is 4.74 Å². The summed E-state index contributed by atoms with van der Waals surface area (Å²) in [6.07, 6.45) is 3.28. The molecule has 0 amide bonds. The van der Waals surface area contributed by atoms with Gasteiger partial charge in [0.2, 0.25) is 0 Å². The minimum absolute atomic E-state index is 0. The lowest BCUT2D eigenvalue weighted by Crippen LogP contribution is -2.39. The van der Waals surface area contributed by atoms with Crippen LogP contribution in [-0.4, -0.2) is 51.8 Å². The van der Waals surface area contributed by atoms with E-state index in [1.807, 2.05) is 11.8 Å². The van der Waals surface area contributed by atoms with Crippen molar-refractivity contribution in [3.8, 4) is 0 Å². The van der Waals surface area contributed by atoms with Crippen LogP contribution in [0.2, 0.25) is 0 Å². The summed E-state index contributed by atoms with van der Waals surface area (Å²) in [6.45, 7) is 2.46. The number of hydrogen-bond donors (Lipinski definition) is 2. The predicted molar refractivity (Wildman–Crippen MR) is 79.7 cm³/mol. The van der Waals surface area contributed by atoms with Gasteiger partial charge in [-0.1, -0.05) is 0 Å². The Morgan fingerprint density at radius 3 is 2.53 bits per heavy atom. The van der Waals surface area contributed by atoms with E-state index in [1.54, 1.807) is 14.2 Å². The topological polar surface area (TPSA) is 45.7 Å². The second kappa shape index (κ2) is 14.3. The van der Waals surface area contributed by atoms with E-state index in [4.69, 9.17) is 4.74 Å². The third-order valence-corrected chi connectivity index (χ3v) is 2.34. The molecule has 0 unspecified atom stereocenters. The second-order valence-corrected chi connectivity index (χ2v) is 3.75. The van der Waals surface area contributed by atoms with Crippen LogP contribution in [0.5, 0.6) is 0 Å². The monoisotopic (exact) mass is 347 g/mol. The van der Waals surface area contributed by atoms with Crippen molar-refractivity contribution >= 4 is 41.7 Å². The van der Waals surface area contributed by atoms with Gasteiger partial charge in [0.15, 0.2) is 5.96 Å². The quantitative estimate of drug-likeness (QED) is 0.314. The molecule has 2 N–H and O–H groups in total. The standard InChI is InChI=1S/C9H21N3OS.HI/c1-10-9(12-6-7-13-2)11-5-4-8-14-3;/h4-8H2,1-3H3,(H2,10,11,12);1H. The van der Waals surface area contributed by atoms with Crippen LogP contribution in [0.3, 0.4) is 0 Å². The molecule has 0 radical (unpaired) electrons. The number of methoxy groups -OCH3 is 1. The number of guanidine groups is 1. The summed E-state index contributed by atoms with van der Waals surface area (Å²) in [5, 5.41) is 6.39. The van der Waals surface area contributed by atoms with Gasteiger partial charge in [-0.05, 0) is 18.4 Å². The Morgan fingerprint density at radius 1 is 1.33 bits per heavy atom. The Hall–Kier alpha value is 0.310. The van der Waals surface area contributed by atoms with Crippen molar-refractivity contribution in [2.45, 2.75) is 6.42 Å². The zero-order chi connectivity index (χ0) is 10.6. The van der Waals surface area contributed by atoms with Crippen molar-refractivity contribution in [3.05, 3.63) is 0 Å². The maximum Gasteiger partial charge on any atom is 0.191 e. The Labute approximate surface area is 114 Å². The summed E-state index contributed by atoms with van der Waals surface area (Å²) in [4.78, 5) is 4.09. The highest BCUT2D eigenvalue weighted by atomic mass is 127. The summed E-state index contributed by atoms with van der Waals surface area (Å²) < 4.78 is 4.93. The number of rotatable bonds is 7. The Morgan fingerprint density at radius 2 is 2.00 bits per heavy atom. The van der Waals surface area contributed by atoms with Crippen LogP contribution < -0.4 is 10.6 Å². The van der Waals surface area contributed by atoms with Crippen molar-refractivity contribution in [2.24, 2.45) is 4.99 Å². The first-order valence-electron chi connectivity index (χ1n) is 4.77. The van der Waals surface area contributed by atoms with Crippen LogP contribution in [0.15, 0.2) is 4.99 Å². The van der Waals surface area contributed by atoms with Gasteiger partial charge in [-0.25, -0.2) is 0 Å². The second-order valence-electron chi connectivity index (χ2n) is 2.76. The van der Waals surface area contributed by atoms with Crippen LogP contribution in [-0.2, 0) is 4.74 Å². The van der Waals surface area contributed by atoms with Gasteiger partial charge in [0.1, 0.15) is 0 Å². The van der Waals surface area contributed by atoms with Crippen LogP contribution in [0, 0.1) is 0 Å². The highest BCUT2D eigenvalue weighted by Gasteiger charge is 1.94. The lowest BCUT2D eigenvalue weighted by molar-refractivity contribution is 0.203. The van der Waals surface area contributed by atoms with E-state index in [0.717, 1.165) is 25.5 Å². The van der Waals surface area contributed by atoms with Crippen LogP contribution >= 0.6 is 35.7 Å². The van der Waals surface area contributed by atoms with Gasteiger partial charge in [0.25, 0.3) is 0 Å². The van der Waals surface area contributed by atoms with Gasteiger partial charge in [0, 0.05) is 27.2 Å². The summed E-state index contributed by atoms with van der Waals surface area (Å²) >= 11 is 1.86. The molecule has 15 heavy (non-hydrogen) atoms. The molecule has 0 aliphatic rings. The molecule has 6 heteroatoms. The molecule has 92 valence electrons. The van der Waals surface area contributed by atoms with Crippen molar-refractivity contribution in [3.63, 3.8) is 0 Å². The molecule has 0 spiro atoms. The highest BCUT2D eigenvalue weighted by molar-refractivity contribution is 14.0. The van der Waals surface area contributed by atoms with Crippen molar-refractivity contribution in [2.75, 3.05) is 45.9 Å². The number of nitrogens with zero attached hydrogens (tertiary/aromatic N) is 1. The lowest BCUT2D eigenvalue weighted by atomic mass is 10.5. The van der Waals surface area contributed by atoms with E-state index < -0.39 is 0 Å². The molecule has 0 rings (SSSR count). The van der Waals surface area contributed by atoms with Crippen molar-refractivity contribution in [1.82, 2.24) is 10.6 Å². The van der Waals surface area contributed by atoms with Gasteiger partial charge in [0.05, 0.1) is 6.61 Å². The summed E-state index contributed by atoms with van der Waals surface area (Å²) in [5.41, 5.74) is 0. The summed E-state index contributed by atoms with van der Waals surface area (Å²) in [7, 11) is 3.47. The number of thioether (sulfide) groups is 1. The molecule has 0 bridgehead atoms. The average Bonchev–Trinajstić information content (AvgIpc) is 2.22. The Balaban J connectivity index is 0. The molecule has 0 aromatic heterocycles. The van der Waals surface area contributed by atoms with Crippen LogP contribution in [0.1, 0.15) is 6.42 Å². The highest BCUT2D eigenvalue weighted by Crippen LogP contribution is 1.92. The molecule has 4 nitrogen and oxygen atoms in total. The molecule has 0 atom stereocenters. The van der Waals surface area contributed by atoms with Crippen molar-refractivity contribution in [1.29, 1.82) is 0 Å². The summed E-state index contributed by atoms with van der Waals surface area (Å²) in [5.74, 6) is 2.03. The molecular formula is C9H22IN3OS. The average molecular weight is 347 g/mol. The number of nitrogens with one attached hydrogen (secondary N) is 2. The molecule has 0 saturated heterocycles. The molecule has 0 fully saturated rings. The predicted octanol–water partition coefficient (Wildman–Crippen LogP) is 1.17. The number of hydrogen-bond acceptors (Lipinski definition) is 3. The normalized spacial score (nSPS) is 10.7. The fourth-order valence-corrected chi connectivity index (χ4v) is 1.35. The van der Waals surface area contributed by atoms with E-state index >= 15 is 0 Å². The molecule has 0 saturated carbocycles. The molecule has 0 aliphatic carbocycles. The smallest absolute Gasteiger partial charge is 0.191 e. The number of halogens is 1. The van der Waals surface area contributed by atoms with Gasteiger partial charge in [-0.2, -0.15) is 11.8 Å². The van der Waals surface area contributed by atoms with Crippen LogP contribution in [0.4, 0.5) is 0 Å². The SMILES string of the molecule is CN=C(NCCCSC)NCCOC.I. The van der Waals surface area contributed by atoms with Gasteiger partial charge in [-0.3, -0.25) is 4.99 Å². The third kappa shape index (κ3) is 12.2. The number of ether oxygens (including phenoxy) is 1. The minimum atomic E-state index is 0. The minimum Gasteiger partial charge on any atom is -0.383 e. The van der Waals surface area contributed by atoms with E-state index in [-0.39, 0.29) is 24.0 Å². The Bertz CT molecular complexity index is 158. The maximum atomic E-state index is 4.93. The molecular weight excluding hydrogens is 325 g/mol. The molecule has 0 aromatic carbocycles.